The molecule has 5 atom stereocenters. The molecule has 18 heteroatoms. The van der Waals surface area contributed by atoms with Gasteiger partial charge in [-0.05, 0) is 88.2 Å². The number of benzene rings is 2. The van der Waals surface area contributed by atoms with Crippen LogP contribution in [0.25, 0.3) is 0 Å². The minimum absolute atomic E-state index is 0.0160. The number of aliphatic hydroxyl groups excluding tert-OH is 5. The number of nitrogen functional groups attached to an aromatic ring is 2. The number of nitrogens with zero attached hydrogens (tertiary/aromatic N) is 4. The van der Waals surface area contributed by atoms with Crippen molar-refractivity contribution in [3.05, 3.63) is 81.6 Å². The van der Waals surface area contributed by atoms with Gasteiger partial charge in [-0.15, -0.1) is 0 Å². The van der Waals surface area contributed by atoms with Gasteiger partial charge in [-0.2, -0.15) is 0 Å². The molecule has 0 aliphatic heterocycles. The maximum absolute atomic E-state index is 13.7. The quantitative estimate of drug-likeness (QED) is 0.0554. The second-order valence-corrected chi connectivity index (χ2v) is 17.0. The zero-order valence-electron chi connectivity index (χ0n) is 36.6. The maximum atomic E-state index is 13.7. The standard InChI is InChI=1S/C44H67ClN8O9/c1-6-7-8-11-20-52(26-33(55)36(57)37(58)34(56)27-54)22-19-48-41(59)31-16-14-29(15-17-31)18-21-53(43(61)62-44(3,4)5)25-30(23-32-13-10-9-12-28(32)2)24-49-42(60)35-39(46)51-40(47)38(45)50-35/h9-10,12-17,30,33-34,36-37,54-58H,6-8,11,18-27H2,1-5H3,(H,48,59)(H,49,60)(H4,46,47,51)/t30-,33-,34+,36+,37+/m0/s1. The fourth-order valence-electron chi connectivity index (χ4n) is 6.68. The van der Waals surface area contributed by atoms with E-state index in [1.165, 1.54) is 0 Å². The van der Waals surface area contributed by atoms with Gasteiger partial charge < -0.3 is 57.3 Å². The number of hydrogen-bond acceptors (Lipinski definition) is 14. The molecule has 3 amide bonds. The van der Waals surface area contributed by atoms with E-state index < -0.39 is 48.6 Å². The van der Waals surface area contributed by atoms with Crippen molar-refractivity contribution in [2.45, 2.75) is 103 Å². The molecule has 17 nitrogen and oxygen atoms in total. The van der Waals surface area contributed by atoms with Gasteiger partial charge in [0, 0.05) is 44.8 Å². The largest absolute Gasteiger partial charge is 0.444 e. The SMILES string of the molecule is CCCCCCN(CCNC(=O)c1ccc(CCN(C[C@H](CNC(=O)c2nc(Cl)c(N)nc2N)Cc2ccccc2C)C(=O)OC(C)(C)C)cc1)C[C@H](O)[C@@H](O)[C@H](O)[C@H](O)CO. The van der Waals surface area contributed by atoms with Crippen molar-refractivity contribution in [2.75, 3.05) is 63.9 Å². The second kappa shape index (κ2) is 25.5. The average molecular weight is 888 g/mol. The first-order valence-corrected chi connectivity index (χ1v) is 21.5. The van der Waals surface area contributed by atoms with E-state index in [1.54, 1.807) is 37.8 Å². The molecular weight excluding hydrogens is 820 g/mol. The highest BCUT2D eigenvalue weighted by Gasteiger charge is 2.31. The lowest BCUT2D eigenvalue weighted by molar-refractivity contribution is -0.119. The number of hydrogen-bond donors (Lipinski definition) is 9. The monoisotopic (exact) mass is 886 g/mol. The summed E-state index contributed by atoms with van der Waals surface area (Å²) < 4.78 is 5.82. The Morgan fingerprint density at radius 2 is 1.52 bits per heavy atom. The first kappa shape index (κ1) is 51.7. The van der Waals surface area contributed by atoms with Crippen LogP contribution in [0.2, 0.25) is 5.15 Å². The Hall–Kier alpha value is -4.62. The Balaban J connectivity index is 1.70. The van der Waals surface area contributed by atoms with Gasteiger partial charge in [-0.1, -0.05) is 74.2 Å². The molecule has 0 unspecified atom stereocenters. The molecule has 1 heterocycles. The number of anilines is 2. The van der Waals surface area contributed by atoms with E-state index in [0.29, 0.717) is 31.5 Å². The van der Waals surface area contributed by atoms with Crippen LogP contribution in [0, 0.1) is 12.8 Å². The van der Waals surface area contributed by atoms with Crippen molar-refractivity contribution in [1.82, 2.24) is 30.4 Å². The summed E-state index contributed by atoms with van der Waals surface area (Å²) >= 11 is 6.03. The number of carbonyl (C=O) groups excluding carboxylic acids is 3. The number of unbranched alkanes of at least 4 members (excludes halogenated alkanes) is 3. The molecule has 1 aromatic heterocycles. The van der Waals surface area contributed by atoms with Crippen LogP contribution in [-0.2, 0) is 17.6 Å². The Kier molecular flexibility index (Phi) is 21.3. The third-order valence-corrected chi connectivity index (χ3v) is 10.5. The van der Waals surface area contributed by atoms with Crippen LogP contribution < -0.4 is 22.1 Å². The molecule has 0 aliphatic rings. The molecule has 11 N–H and O–H groups in total. The highest BCUT2D eigenvalue weighted by molar-refractivity contribution is 6.31. The highest BCUT2D eigenvalue weighted by atomic mass is 35.5. The molecule has 2 aromatic carbocycles. The molecule has 0 radical (unpaired) electrons. The lowest BCUT2D eigenvalue weighted by atomic mass is 9.95. The molecule has 3 rings (SSSR count). The summed E-state index contributed by atoms with van der Waals surface area (Å²) in [6, 6.07) is 14.9. The Bertz CT molecular complexity index is 1870. The average Bonchev–Trinajstić information content (AvgIpc) is 3.23. The number of halogens is 1. The van der Waals surface area contributed by atoms with E-state index in [0.717, 1.165) is 42.4 Å². The lowest BCUT2D eigenvalue weighted by Gasteiger charge is -2.31. The van der Waals surface area contributed by atoms with E-state index in [4.69, 9.17) is 32.9 Å². The van der Waals surface area contributed by atoms with E-state index in [9.17, 15) is 34.8 Å². The minimum Gasteiger partial charge on any atom is -0.444 e. The number of rotatable bonds is 25. The predicted molar refractivity (Wildman–Crippen MR) is 239 cm³/mol. The molecular formula is C44H67ClN8O9. The van der Waals surface area contributed by atoms with Crippen molar-refractivity contribution in [3.8, 4) is 0 Å². The molecule has 0 saturated carbocycles. The van der Waals surface area contributed by atoms with Gasteiger partial charge in [0.25, 0.3) is 11.8 Å². The van der Waals surface area contributed by atoms with Gasteiger partial charge >= 0.3 is 6.09 Å². The first-order chi connectivity index (χ1) is 29.3. The van der Waals surface area contributed by atoms with Crippen molar-refractivity contribution in [2.24, 2.45) is 5.92 Å². The van der Waals surface area contributed by atoms with E-state index in [2.05, 4.69) is 27.5 Å². The topological polar surface area (TPSA) is 270 Å². The van der Waals surface area contributed by atoms with E-state index >= 15 is 0 Å². The van der Waals surface area contributed by atoms with Crippen LogP contribution in [0.3, 0.4) is 0 Å². The lowest BCUT2D eigenvalue weighted by Crippen LogP contribution is -2.50. The molecule has 0 fully saturated rings. The highest BCUT2D eigenvalue weighted by Crippen LogP contribution is 2.20. The molecule has 0 aliphatic carbocycles. The molecule has 62 heavy (non-hydrogen) atoms. The molecule has 0 spiro atoms. The van der Waals surface area contributed by atoms with Crippen molar-refractivity contribution >= 4 is 41.1 Å². The zero-order valence-corrected chi connectivity index (χ0v) is 37.4. The number of ether oxygens (including phenoxy) is 1. The molecule has 3 aromatic rings. The minimum atomic E-state index is -1.72. The van der Waals surface area contributed by atoms with Crippen molar-refractivity contribution < 1.29 is 44.7 Å². The van der Waals surface area contributed by atoms with Gasteiger partial charge in [0.15, 0.2) is 22.5 Å². The zero-order chi connectivity index (χ0) is 46.0. The van der Waals surface area contributed by atoms with Gasteiger partial charge in [0.1, 0.15) is 23.9 Å². The second-order valence-electron chi connectivity index (χ2n) is 16.6. The van der Waals surface area contributed by atoms with Crippen molar-refractivity contribution in [3.63, 3.8) is 0 Å². The van der Waals surface area contributed by atoms with E-state index in [1.807, 2.05) is 48.2 Å². The van der Waals surface area contributed by atoms with Crippen molar-refractivity contribution in [1.29, 1.82) is 0 Å². The number of nitrogens with two attached hydrogens (primary N) is 2. The van der Waals surface area contributed by atoms with Gasteiger partial charge in [-0.25, -0.2) is 14.8 Å². The van der Waals surface area contributed by atoms with Crippen LogP contribution >= 0.6 is 11.6 Å². The van der Waals surface area contributed by atoms with Gasteiger partial charge in [0.05, 0.1) is 12.7 Å². The maximum Gasteiger partial charge on any atom is 0.410 e. The number of nitrogens with one attached hydrogen (secondary N) is 2. The third-order valence-electron chi connectivity index (χ3n) is 10.3. The van der Waals surface area contributed by atoms with Crippen LogP contribution in [0.4, 0.5) is 16.4 Å². The number of aromatic nitrogens is 2. The third kappa shape index (κ3) is 17.3. The number of amides is 3. The summed E-state index contributed by atoms with van der Waals surface area (Å²) in [7, 11) is 0. The molecule has 0 saturated heterocycles. The summed E-state index contributed by atoms with van der Waals surface area (Å²) in [4.78, 5) is 51.5. The number of aliphatic hydroxyl groups is 5. The summed E-state index contributed by atoms with van der Waals surface area (Å²) in [5.41, 5.74) is 14.1. The number of carbonyl (C=O) groups is 3. The van der Waals surface area contributed by atoms with Crippen LogP contribution in [0.5, 0.6) is 0 Å². The van der Waals surface area contributed by atoms with Gasteiger partial charge in [0.2, 0.25) is 0 Å². The summed E-state index contributed by atoms with van der Waals surface area (Å²) in [6.45, 7) is 10.5. The normalized spacial score (nSPS) is 14.1. The first-order valence-electron chi connectivity index (χ1n) is 21.1. The van der Waals surface area contributed by atoms with Gasteiger partial charge in [-0.3, -0.25) is 14.5 Å². The Morgan fingerprint density at radius 1 is 0.839 bits per heavy atom. The summed E-state index contributed by atoms with van der Waals surface area (Å²) in [6.07, 6.45) is -2.09. The molecule has 344 valence electrons. The Morgan fingerprint density at radius 3 is 2.16 bits per heavy atom. The number of aryl methyl sites for hydroxylation is 1. The van der Waals surface area contributed by atoms with Crippen LogP contribution in [-0.4, -0.2) is 146 Å². The Labute approximate surface area is 369 Å². The smallest absolute Gasteiger partial charge is 0.410 e. The molecule has 0 bridgehead atoms. The summed E-state index contributed by atoms with van der Waals surface area (Å²) in [5.74, 6) is -1.43. The van der Waals surface area contributed by atoms with E-state index in [-0.39, 0.29) is 67.0 Å². The predicted octanol–water partition coefficient (Wildman–Crippen LogP) is 2.72. The van der Waals surface area contributed by atoms with Crippen LogP contribution in [0.1, 0.15) is 90.9 Å². The fourth-order valence-corrected chi connectivity index (χ4v) is 6.81. The summed E-state index contributed by atoms with van der Waals surface area (Å²) in [5, 5.41) is 55.5. The fraction of sp³-hybridized carbons (Fsp3) is 0.568. The van der Waals surface area contributed by atoms with Crippen LogP contribution in [0.15, 0.2) is 48.5 Å².